The number of nitrogens with zero attached hydrogens (tertiary/aromatic N) is 1. The monoisotopic (exact) mass is 283 g/mol. The molecule has 1 amide bonds. The van der Waals surface area contributed by atoms with Gasteiger partial charge in [-0.2, -0.15) is 0 Å². The van der Waals surface area contributed by atoms with E-state index < -0.39 is 0 Å². The molecule has 2 rings (SSSR count). The predicted octanol–water partition coefficient (Wildman–Crippen LogP) is 1.83. The van der Waals surface area contributed by atoms with E-state index in [9.17, 15) is 4.79 Å². The Balaban J connectivity index is 1.73. The average molecular weight is 284 g/mol. The van der Waals surface area contributed by atoms with Crippen molar-refractivity contribution in [2.24, 2.45) is 0 Å². The van der Waals surface area contributed by atoms with Crippen LogP contribution in [0.1, 0.15) is 19.8 Å². The summed E-state index contributed by atoms with van der Waals surface area (Å²) in [6, 6.07) is 3.53. The second-order valence-electron chi connectivity index (χ2n) is 4.63. The minimum absolute atomic E-state index is 0.125. The highest BCUT2D eigenvalue weighted by atomic mass is 35.5. The van der Waals surface area contributed by atoms with Gasteiger partial charge in [0.05, 0.1) is 17.7 Å². The first-order valence-electron chi connectivity index (χ1n) is 6.41. The molecule has 0 unspecified atom stereocenters. The van der Waals surface area contributed by atoms with E-state index >= 15 is 0 Å². The molecule has 0 saturated carbocycles. The van der Waals surface area contributed by atoms with Gasteiger partial charge >= 0.3 is 0 Å². The predicted molar refractivity (Wildman–Crippen MR) is 74.3 cm³/mol. The van der Waals surface area contributed by atoms with Crippen LogP contribution in [-0.2, 0) is 9.53 Å². The summed E-state index contributed by atoms with van der Waals surface area (Å²) in [4.78, 5) is 15.7. The lowest BCUT2D eigenvalue weighted by Crippen LogP contribution is -2.41. The molecule has 2 heterocycles. The van der Waals surface area contributed by atoms with Crippen LogP contribution in [0.5, 0.6) is 0 Å². The van der Waals surface area contributed by atoms with Crippen molar-refractivity contribution in [3.8, 4) is 0 Å². The summed E-state index contributed by atoms with van der Waals surface area (Å²) in [7, 11) is 0. The molecule has 5 nitrogen and oxygen atoms in total. The Hall–Kier alpha value is -1.17. The van der Waals surface area contributed by atoms with Crippen molar-refractivity contribution in [3.63, 3.8) is 0 Å². The zero-order valence-electron chi connectivity index (χ0n) is 10.9. The fourth-order valence-electron chi connectivity index (χ4n) is 2.02. The Labute approximate surface area is 117 Å². The minimum Gasteiger partial charge on any atom is -0.377 e. The molecule has 0 spiro atoms. The molecule has 0 aromatic carbocycles. The van der Waals surface area contributed by atoms with Crippen LogP contribution in [0.3, 0.4) is 0 Å². The molecule has 6 heteroatoms. The van der Waals surface area contributed by atoms with Crippen molar-refractivity contribution in [2.75, 3.05) is 18.5 Å². The maximum Gasteiger partial charge on any atom is 0.239 e. The number of nitrogens with one attached hydrogen (secondary N) is 2. The highest BCUT2D eigenvalue weighted by molar-refractivity contribution is 6.30. The van der Waals surface area contributed by atoms with E-state index in [0.29, 0.717) is 10.8 Å². The van der Waals surface area contributed by atoms with E-state index in [4.69, 9.17) is 16.3 Å². The fraction of sp³-hybridized carbons (Fsp3) is 0.538. The third-order valence-corrected chi connectivity index (χ3v) is 3.33. The van der Waals surface area contributed by atoms with Crippen molar-refractivity contribution in [2.45, 2.75) is 31.9 Å². The minimum atomic E-state index is -0.125. The average Bonchev–Trinajstić information content (AvgIpc) is 2.93. The van der Waals surface area contributed by atoms with Crippen molar-refractivity contribution in [3.05, 3.63) is 23.4 Å². The number of ether oxygens (including phenoxy) is 1. The topological polar surface area (TPSA) is 63.2 Å². The quantitative estimate of drug-likeness (QED) is 0.865. The van der Waals surface area contributed by atoms with E-state index in [2.05, 4.69) is 15.6 Å². The van der Waals surface area contributed by atoms with Gasteiger partial charge in [-0.25, -0.2) is 4.98 Å². The molecule has 19 heavy (non-hydrogen) atoms. The molecule has 2 N–H and O–H groups in total. The summed E-state index contributed by atoms with van der Waals surface area (Å²) >= 11 is 5.72. The molecule has 1 aromatic rings. The molecular formula is C13H18ClN3O2. The molecule has 1 saturated heterocycles. The molecule has 2 atom stereocenters. The molecule has 0 bridgehead atoms. The van der Waals surface area contributed by atoms with Gasteiger partial charge in [0.15, 0.2) is 0 Å². The van der Waals surface area contributed by atoms with E-state index in [0.717, 1.165) is 19.4 Å². The fourth-order valence-corrected chi connectivity index (χ4v) is 2.13. The number of halogens is 1. The van der Waals surface area contributed by atoms with Gasteiger partial charge in [-0.05, 0) is 31.9 Å². The number of aromatic nitrogens is 1. The zero-order chi connectivity index (χ0) is 13.7. The second kappa shape index (κ2) is 6.84. The van der Waals surface area contributed by atoms with Crippen LogP contribution < -0.4 is 10.6 Å². The van der Waals surface area contributed by atoms with Gasteiger partial charge in [-0.15, -0.1) is 0 Å². The number of carbonyl (C=O) groups is 1. The summed E-state index contributed by atoms with van der Waals surface area (Å²) in [6.45, 7) is 3.09. The molecule has 1 aromatic heterocycles. The number of pyridine rings is 1. The number of anilines is 1. The summed E-state index contributed by atoms with van der Waals surface area (Å²) in [6.07, 6.45) is 3.85. The highest BCUT2D eigenvalue weighted by Gasteiger charge is 2.22. The Morgan fingerprint density at radius 3 is 3.11 bits per heavy atom. The maximum absolute atomic E-state index is 11.7. The normalized spacial score (nSPS) is 20.2. The van der Waals surface area contributed by atoms with E-state index in [-0.39, 0.29) is 24.6 Å². The molecule has 0 radical (unpaired) electrons. The van der Waals surface area contributed by atoms with Crippen molar-refractivity contribution < 1.29 is 9.53 Å². The lowest BCUT2D eigenvalue weighted by Gasteiger charge is -2.19. The van der Waals surface area contributed by atoms with Gasteiger partial charge in [-0.1, -0.05) is 11.6 Å². The van der Waals surface area contributed by atoms with Crippen LogP contribution in [0.2, 0.25) is 5.02 Å². The molecular weight excluding hydrogens is 266 g/mol. The molecule has 104 valence electrons. The van der Waals surface area contributed by atoms with E-state index in [1.54, 1.807) is 12.1 Å². The largest absolute Gasteiger partial charge is 0.377 e. The first-order valence-corrected chi connectivity index (χ1v) is 6.79. The lowest BCUT2D eigenvalue weighted by molar-refractivity contribution is -0.115. The molecule has 1 aliphatic heterocycles. The third kappa shape index (κ3) is 4.45. The summed E-state index contributed by atoms with van der Waals surface area (Å²) < 4.78 is 5.56. The number of hydrogen-bond donors (Lipinski definition) is 2. The van der Waals surface area contributed by atoms with Crippen LogP contribution in [0.4, 0.5) is 5.82 Å². The van der Waals surface area contributed by atoms with Crippen LogP contribution in [-0.4, -0.2) is 36.2 Å². The standard InChI is InChI=1S/C13H18ClN3O2/c1-9(11-3-2-6-19-11)15-8-13(18)17-12-5-4-10(14)7-16-12/h4-5,7,9,11,15H,2-3,6,8H2,1H3,(H,16,17,18)/t9-,11+/m0/s1. The molecule has 1 aliphatic rings. The lowest BCUT2D eigenvalue weighted by atomic mass is 10.1. The SMILES string of the molecule is C[C@H](NCC(=O)Nc1ccc(Cl)cn1)[C@H]1CCCO1. The van der Waals surface area contributed by atoms with Gasteiger partial charge < -0.3 is 15.4 Å². The van der Waals surface area contributed by atoms with Crippen LogP contribution in [0.25, 0.3) is 0 Å². The zero-order valence-corrected chi connectivity index (χ0v) is 11.6. The highest BCUT2D eigenvalue weighted by Crippen LogP contribution is 2.15. The first-order chi connectivity index (χ1) is 9.15. The van der Waals surface area contributed by atoms with Crippen LogP contribution in [0.15, 0.2) is 18.3 Å². The third-order valence-electron chi connectivity index (χ3n) is 3.10. The summed E-state index contributed by atoms with van der Waals surface area (Å²) in [5.41, 5.74) is 0. The maximum atomic E-state index is 11.7. The smallest absolute Gasteiger partial charge is 0.239 e. The Bertz CT molecular complexity index is 418. The van der Waals surface area contributed by atoms with Crippen molar-refractivity contribution >= 4 is 23.3 Å². The Morgan fingerprint density at radius 2 is 2.47 bits per heavy atom. The van der Waals surface area contributed by atoms with Gasteiger partial charge in [-0.3, -0.25) is 4.79 Å². The number of rotatable bonds is 5. The first kappa shape index (κ1) is 14.2. The molecule has 0 aliphatic carbocycles. The van der Waals surface area contributed by atoms with Crippen LogP contribution in [0, 0.1) is 0 Å². The van der Waals surface area contributed by atoms with E-state index in [1.807, 2.05) is 6.92 Å². The summed E-state index contributed by atoms with van der Waals surface area (Å²) in [5.74, 6) is 0.376. The van der Waals surface area contributed by atoms with Crippen molar-refractivity contribution in [1.29, 1.82) is 0 Å². The van der Waals surface area contributed by atoms with Gasteiger partial charge in [0, 0.05) is 18.8 Å². The number of amides is 1. The Kier molecular flexibility index (Phi) is 5.13. The summed E-state index contributed by atoms with van der Waals surface area (Å²) in [5, 5.41) is 6.41. The Morgan fingerprint density at radius 1 is 1.63 bits per heavy atom. The van der Waals surface area contributed by atoms with Gasteiger partial charge in [0.1, 0.15) is 5.82 Å². The van der Waals surface area contributed by atoms with Crippen LogP contribution >= 0.6 is 11.6 Å². The van der Waals surface area contributed by atoms with Gasteiger partial charge in [0.2, 0.25) is 5.91 Å². The second-order valence-corrected chi connectivity index (χ2v) is 5.07. The number of carbonyl (C=O) groups excluding carboxylic acids is 1. The van der Waals surface area contributed by atoms with E-state index in [1.165, 1.54) is 6.20 Å². The molecule has 1 fully saturated rings. The number of hydrogen-bond acceptors (Lipinski definition) is 4. The van der Waals surface area contributed by atoms with Gasteiger partial charge in [0.25, 0.3) is 0 Å². The van der Waals surface area contributed by atoms with Crippen molar-refractivity contribution in [1.82, 2.24) is 10.3 Å².